The quantitative estimate of drug-likeness (QED) is 0.340. The van der Waals surface area contributed by atoms with Crippen molar-refractivity contribution in [1.29, 1.82) is 0 Å². The van der Waals surface area contributed by atoms with Crippen molar-refractivity contribution in [1.82, 2.24) is 29.7 Å². The van der Waals surface area contributed by atoms with E-state index < -0.39 is 0 Å². The number of carbonyl (C=O) groups excluding carboxylic acids is 1. The summed E-state index contributed by atoms with van der Waals surface area (Å²) in [4.78, 5) is 31.2. The second-order valence-electron chi connectivity index (χ2n) is 10.5. The highest BCUT2D eigenvalue weighted by atomic mass is 16.7. The number of anilines is 1. The first-order valence-corrected chi connectivity index (χ1v) is 14.0. The van der Waals surface area contributed by atoms with Crippen molar-refractivity contribution in [3.63, 3.8) is 0 Å². The molecule has 12 heteroatoms. The molecule has 0 radical (unpaired) electrons. The van der Waals surface area contributed by atoms with E-state index in [0.717, 1.165) is 47.1 Å². The molecule has 4 aromatic rings. The predicted octanol–water partition coefficient (Wildman–Crippen LogP) is 2.65. The topological polar surface area (TPSA) is 116 Å². The first-order valence-electron chi connectivity index (χ1n) is 14.0. The van der Waals surface area contributed by atoms with Gasteiger partial charge in [0.05, 0.1) is 6.61 Å². The number of hydrogen-bond acceptors (Lipinski definition) is 10. The van der Waals surface area contributed by atoms with Crippen LogP contribution in [0.2, 0.25) is 0 Å². The molecule has 0 aliphatic carbocycles. The van der Waals surface area contributed by atoms with Gasteiger partial charge >= 0.3 is 0 Å². The van der Waals surface area contributed by atoms with E-state index in [2.05, 4.69) is 37.2 Å². The van der Waals surface area contributed by atoms with Gasteiger partial charge in [0.1, 0.15) is 17.9 Å². The summed E-state index contributed by atoms with van der Waals surface area (Å²) in [5.74, 6) is 3.66. The zero-order valence-corrected chi connectivity index (χ0v) is 23.0. The fourth-order valence-electron chi connectivity index (χ4n) is 5.53. The summed E-state index contributed by atoms with van der Waals surface area (Å²) < 4.78 is 23.7. The molecule has 1 unspecified atom stereocenters. The lowest BCUT2D eigenvalue weighted by Crippen LogP contribution is -2.54. The molecule has 3 aliphatic heterocycles. The summed E-state index contributed by atoms with van der Waals surface area (Å²) in [6, 6.07) is 13.8. The van der Waals surface area contributed by atoms with Crippen molar-refractivity contribution in [2.24, 2.45) is 0 Å². The molecule has 1 amide bonds. The Morgan fingerprint density at radius 3 is 2.76 bits per heavy atom. The van der Waals surface area contributed by atoms with Crippen LogP contribution < -0.4 is 24.4 Å². The first kappa shape index (κ1) is 26.2. The highest BCUT2D eigenvalue weighted by Crippen LogP contribution is 2.32. The minimum atomic E-state index is -0.0364. The third-order valence-electron chi connectivity index (χ3n) is 7.71. The van der Waals surface area contributed by atoms with Gasteiger partial charge < -0.3 is 29.2 Å². The van der Waals surface area contributed by atoms with E-state index in [4.69, 9.17) is 23.9 Å². The summed E-state index contributed by atoms with van der Waals surface area (Å²) in [5.41, 5.74) is 3.16. The van der Waals surface area contributed by atoms with Gasteiger partial charge in [0.25, 0.3) is 0 Å². The van der Waals surface area contributed by atoms with Gasteiger partial charge in [-0.1, -0.05) is 12.1 Å². The van der Waals surface area contributed by atoms with Crippen LogP contribution in [-0.2, 0) is 29.2 Å². The Kier molecular flexibility index (Phi) is 7.29. The molecule has 1 saturated heterocycles. The SMILES string of the molecule is O=C(CC1CN(c2ccnc(-n3ccnc3)n2)CCN1Cc1ccc2c(c1)COCO2)NCc1ccc2c(c1)OCO2. The summed E-state index contributed by atoms with van der Waals surface area (Å²) >= 11 is 0. The van der Waals surface area contributed by atoms with Crippen molar-refractivity contribution in [3.05, 3.63) is 84.1 Å². The lowest BCUT2D eigenvalue weighted by atomic mass is 10.0. The molecule has 3 aliphatic rings. The fraction of sp³-hybridized carbons (Fsp3) is 0.333. The molecule has 216 valence electrons. The number of amides is 1. The molecule has 1 N–H and O–H groups in total. The van der Waals surface area contributed by atoms with Crippen LogP contribution >= 0.6 is 0 Å². The number of ether oxygens (including phenoxy) is 4. The number of rotatable bonds is 8. The molecule has 12 nitrogen and oxygen atoms in total. The third-order valence-corrected chi connectivity index (χ3v) is 7.71. The fourth-order valence-corrected chi connectivity index (χ4v) is 5.53. The second-order valence-corrected chi connectivity index (χ2v) is 10.5. The van der Waals surface area contributed by atoms with Crippen molar-refractivity contribution >= 4 is 11.7 Å². The van der Waals surface area contributed by atoms with Crippen molar-refractivity contribution < 1.29 is 23.7 Å². The number of fused-ring (bicyclic) bond motifs is 2. The normalized spacial score (nSPS) is 17.9. The first-order chi connectivity index (χ1) is 20.7. The molecular weight excluding hydrogens is 538 g/mol. The predicted molar refractivity (Wildman–Crippen MR) is 151 cm³/mol. The van der Waals surface area contributed by atoms with E-state index in [1.165, 1.54) is 0 Å². The average Bonchev–Trinajstić information content (AvgIpc) is 3.74. The number of piperazine rings is 1. The maximum atomic E-state index is 13.3. The van der Waals surface area contributed by atoms with Crippen LogP contribution in [0.3, 0.4) is 0 Å². The maximum absolute atomic E-state index is 13.3. The zero-order chi connectivity index (χ0) is 28.3. The van der Waals surface area contributed by atoms with Crippen molar-refractivity contribution in [3.8, 4) is 23.2 Å². The Balaban J connectivity index is 1.07. The molecule has 0 bridgehead atoms. The van der Waals surface area contributed by atoms with E-state index >= 15 is 0 Å². The van der Waals surface area contributed by atoms with Gasteiger partial charge in [-0.3, -0.25) is 14.3 Å². The van der Waals surface area contributed by atoms with Gasteiger partial charge in [0.15, 0.2) is 18.3 Å². The van der Waals surface area contributed by atoms with Gasteiger partial charge in [-0.05, 0) is 41.5 Å². The monoisotopic (exact) mass is 569 g/mol. The highest BCUT2D eigenvalue weighted by molar-refractivity contribution is 5.76. The molecular formula is C30H31N7O5. The summed E-state index contributed by atoms with van der Waals surface area (Å²) in [5, 5.41) is 3.10. The van der Waals surface area contributed by atoms with Gasteiger partial charge in [0, 0.05) is 69.3 Å². The molecule has 2 aromatic heterocycles. The van der Waals surface area contributed by atoms with Crippen LogP contribution in [0, 0.1) is 0 Å². The second kappa shape index (κ2) is 11.7. The summed E-state index contributed by atoms with van der Waals surface area (Å²) in [6.45, 7) is 4.36. The van der Waals surface area contributed by atoms with Gasteiger partial charge in [-0.25, -0.2) is 9.97 Å². The van der Waals surface area contributed by atoms with E-state index in [1.807, 2.05) is 36.5 Å². The lowest BCUT2D eigenvalue weighted by Gasteiger charge is -2.42. The van der Waals surface area contributed by atoms with Crippen LogP contribution in [-0.4, -0.2) is 69.6 Å². The lowest BCUT2D eigenvalue weighted by molar-refractivity contribution is -0.122. The molecule has 7 rings (SSSR count). The van der Waals surface area contributed by atoms with Crippen LogP contribution in [0.25, 0.3) is 5.95 Å². The van der Waals surface area contributed by atoms with Crippen molar-refractivity contribution in [2.45, 2.75) is 32.2 Å². The summed E-state index contributed by atoms with van der Waals surface area (Å²) in [7, 11) is 0. The van der Waals surface area contributed by atoms with Gasteiger partial charge in [-0.2, -0.15) is 4.98 Å². The van der Waals surface area contributed by atoms with E-state index in [1.54, 1.807) is 23.3 Å². The van der Waals surface area contributed by atoms with E-state index in [9.17, 15) is 4.79 Å². The van der Waals surface area contributed by atoms with Crippen molar-refractivity contribution in [2.75, 3.05) is 38.1 Å². The standard InChI is InChI=1S/C30H31N7O5/c38-29(33-14-21-1-4-26-27(12-21)42-20-41-26)13-24-16-36(28-5-6-32-30(34-28)37-8-7-31-18-37)10-9-35(24)15-22-2-3-25-23(11-22)17-39-19-40-25/h1-8,11-12,18,24H,9-10,13-17,19-20H2,(H,33,38). The number of imidazole rings is 1. The van der Waals surface area contributed by atoms with Crippen LogP contribution in [0.15, 0.2) is 67.4 Å². The Hall–Kier alpha value is -4.68. The average molecular weight is 570 g/mol. The highest BCUT2D eigenvalue weighted by Gasteiger charge is 2.30. The Labute approximate surface area is 242 Å². The maximum Gasteiger partial charge on any atom is 0.236 e. The third kappa shape index (κ3) is 5.71. The molecule has 5 heterocycles. The molecule has 1 atom stereocenters. The number of nitrogens with zero attached hydrogens (tertiary/aromatic N) is 6. The number of hydrogen-bond donors (Lipinski definition) is 1. The van der Waals surface area contributed by atoms with E-state index in [0.29, 0.717) is 44.4 Å². The largest absolute Gasteiger partial charge is 0.467 e. The van der Waals surface area contributed by atoms with Crippen LogP contribution in [0.1, 0.15) is 23.1 Å². The minimum absolute atomic E-state index is 0.0152. The molecule has 2 aromatic carbocycles. The van der Waals surface area contributed by atoms with Gasteiger partial charge in [0.2, 0.25) is 18.6 Å². The van der Waals surface area contributed by atoms with Crippen LogP contribution in [0.4, 0.5) is 5.82 Å². The number of nitrogens with one attached hydrogen (secondary N) is 1. The van der Waals surface area contributed by atoms with Gasteiger partial charge in [-0.15, -0.1) is 0 Å². The minimum Gasteiger partial charge on any atom is -0.467 e. The zero-order valence-electron chi connectivity index (χ0n) is 23.0. The van der Waals surface area contributed by atoms with Crippen LogP contribution in [0.5, 0.6) is 17.2 Å². The smallest absolute Gasteiger partial charge is 0.236 e. The Morgan fingerprint density at radius 1 is 0.952 bits per heavy atom. The molecule has 0 saturated carbocycles. The molecule has 1 fully saturated rings. The number of benzene rings is 2. The summed E-state index contributed by atoms with van der Waals surface area (Å²) in [6.07, 6.45) is 7.30. The molecule has 0 spiro atoms. The van der Waals surface area contributed by atoms with E-state index in [-0.39, 0.29) is 25.5 Å². The number of carbonyl (C=O) groups is 1. The Morgan fingerprint density at radius 2 is 1.83 bits per heavy atom. The Bertz CT molecular complexity index is 1560. The molecule has 42 heavy (non-hydrogen) atoms. The number of aromatic nitrogens is 4.